The summed E-state index contributed by atoms with van der Waals surface area (Å²) in [6.07, 6.45) is -4.55. The highest BCUT2D eigenvalue weighted by Crippen LogP contribution is 2.34. The van der Waals surface area contributed by atoms with E-state index < -0.39 is 17.6 Å². The summed E-state index contributed by atoms with van der Waals surface area (Å²) in [4.78, 5) is 27.8. The van der Waals surface area contributed by atoms with Gasteiger partial charge in [0.1, 0.15) is 0 Å². The fourth-order valence-electron chi connectivity index (χ4n) is 2.93. The van der Waals surface area contributed by atoms with Gasteiger partial charge in [-0.1, -0.05) is 12.1 Å². The lowest BCUT2D eigenvalue weighted by Crippen LogP contribution is -2.50. The first-order valence-corrected chi connectivity index (χ1v) is 8.85. The molecule has 2 aromatic rings. The zero-order chi connectivity index (χ0) is 20.3. The second-order valence-corrected chi connectivity index (χ2v) is 6.64. The average Bonchev–Trinajstić information content (AvgIpc) is 3.07. The van der Waals surface area contributed by atoms with Gasteiger partial charge in [-0.05, 0) is 35.9 Å². The van der Waals surface area contributed by atoms with Crippen LogP contribution in [0, 0.1) is 0 Å². The summed E-state index contributed by atoms with van der Waals surface area (Å²) in [5.74, 6) is -0.704. The highest BCUT2D eigenvalue weighted by Gasteiger charge is 2.33. The number of alkyl halides is 3. The molecule has 1 aromatic heterocycles. The topological polar surface area (TPSA) is 65.8 Å². The van der Waals surface area contributed by atoms with Crippen molar-refractivity contribution in [1.29, 1.82) is 0 Å². The minimum absolute atomic E-state index is 0.0686. The van der Waals surface area contributed by atoms with Crippen molar-refractivity contribution in [2.24, 2.45) is 0 Å². The van der Waals surface area contributed by atoms with E-state index in [0.29, 0.717) is 26.2 Å². The number of piperazine rings is 1. The normalized spacial score (nSPS) is 15.5. The molecule has 1 N–H and O–H groups in total. The summed E-state index contributed by atoms with van der Waals surface area (Å²) in [5.41, 5.74) is -1.17. The summed E-state index contributed by atoms with van der Waals surface area (Å²) >= 11 is 5.67. The minimum atomic E-state index is -4.55. The van der Waals surface area contributed by atoms with Crippen molar-refractivity contribution in [2.75, 3.05) is 38.0 Å². The van der Waals surface area contributed by atoms with Crippen molar-refractivity contribution < 1.29 is 27.2 Å². The van der Waals surface area contributed by atoms with Crippen molar-refractivity contribution in [2.45, 2.75) is 6.18 Å². The van der Waals surface area contributed by atoms with Gasteiger partial charge >= 0.3 is 6.18 Å². The number of rotatable bonds is 4. The molecule has 2 amide bonds. The lowest BCUT2D eigenvalue weighted by atomic mass is 10.1. The Morgan fingerprint density at radius 2 is 1.75 bits per heavy atom. The SMILES string of the molecule is O=C(CN1CCN(C(=O)c2ccc(Cl)o2)CC1)Nc1ccccc1C(F)(F)F. The largest absolute Gasteiger partial charge is 0.440 e. The number of anilines is 1. The Balaban J connectivity index is 1.53. The summed E-state index contributed by atoms with van der Waals surface area (Å²) < 4.78 is 44.1. The number of nitrogens with zero attached hydrogens (tertiary/aromatic N) is 2. The van der Waals surface area contributed by atoms with Crippen LogP contribution in [0.25, 0.3) is 0 Å². The van der Waals surface area contributed by atoms with Gasteiger partial charge in [-0.2, -0.15) is 13.2 Å². The standard InChI is InChI=1S/C18H17ClF3N3O3/c19-15-6-5-14(28-15)17(27)25-9-7-24(8-10-25)11-16(26)23-13-4-2-1-3-12(13)18(20,21)22/h1-6H,7-11H2,(H,23,26). The molecule has 0 unspecified atom stereocenters. The predicted octanol–water partition coefficient (Wildman–Crippen LogP) is 3.35. The first-order valence-electron chi connectivity index (χ1n) is 8.47. The van der Waals surface area contributed by atoms with E-state index >= 15 is 0 Å². The van der Waals surface area contributed by atoms with Gasteiger partial charge in [-0.3, -0.25) is 14.5 Å². The van der Waals surface area contributed by atoms with Crippen molar-refractivity contribution in [3.8, 4) is 0 Å². The van der Waals surface area contributed by atoms with Crippen LogP contribution >= 0.6 is 11.6 Å². The third kappa shape index (κ3) is 4.85. The van der Waals surface area contributed by atoms with Gasteiger partial charge in [0.15, 0.2) is 11.0 Å². The summed E-state index contributed by atoms with van der Waals surface area (Å²) in [6.45, 7) is 1.48. The first-order chi connectivity index (χ1) is 13.2. The van der Waals surface area contributed by atoms with Gasteiger partial charge < -0.3 is 14.6 Å². The molecular weight excluding hydrogens is 399 g/mol. The fourth-order valence-corrected chi connectivity index (χ4v) is 3.07. The molecule has 0 aliphatic carbocycles. The molecule has 1 aliphatic rings. The number of halogens is 4. The molecular formula is C18H17ClF3N3O3. The van der Waals surface area contributed by atoms with E-state index in [1.807, 2.05) is 0 Å². The molecule has 0 spiro atoms. The van der Waals surface area contributed by atoms with Crippen LogP contribution in [0.5, 0.6) is 0 Å². The van der Waals surface area contributed by atoms with E-state index in [2.05, 4.69) is 5.32 Å². The molecule has 2 heterocycles. The second kappa shape index (κ2) is 8.24. The van der Waals surface area contributed by atoms with Crippen molar-refractivity contribution >= 4 is 29.1 Å². The van der Waals surface area contributed by atoms with E-state index in [0.717, 1.165) is 6.07 Å². The maximum absolute atomic E-state index is 13.0. The van der Waals surface area contributed by atoms with E-state index in [4.69, 9.17) is 16.0 Å². The molecule has 10 heteroatoms. The van der Waals surface area contributed by atoms with Crippen LogP contribution in [0.15, 0.2) is 40.8 Å². The highest BCUT2D eigenvalue weighted by atomic mass is 35.5. The maximum atomic E-state index is 13.0. The average molecular weight is 416 g/mol. The number of benzene rings is 1. The molecule has 1 fully saturated rings. The molecule has 3 rings (SSSR count). The van der Waals surface area contributed by atoms with Crippen LogP contribution in [0.3, 0.4) is 0 Å². The Morgan fingerprint density at radius 1 is 1.07 bits per heavy atom. The molecule has 28 heavy (non-hydrogen) atoms. The van der Waals surface area contributed by atoms with Crippen LogP contribution in [-0.2, 0) is 11.0 Å². The Morgan fingerprint density at radius 3 is 2.36 bits per heavy atom. The molecule has 1 aliphatic heterocycles. The smallest absolute Gasteiger partial charge is 0.418 e. The Hall–Kier alpha value is -2.52. The number of carbonyl (C=O) groups excluding carboxylic acids is 2. The van der Waals surface area contributed by atoms with Gasteiger partial charge in [0.05, 0.1) is 17.8 Å². The lowest BCUT2D eigenvalue weighted by Gasteiger charge is -2.33. The van der Waals surface area contributed by atoms with Crippen molar-refractivity contribution in [3.05, 3.63) is 52.9 Å². The molecule has 0 atom stereocenters. The zero-order valence-corrected chi connectivity index (χ0v) is 15.4. The summed E-state index contributed by atoms with van der Waals surface area (Å²) in [6, 6.07) is 7.79. The molecule has 1 saturated heterocycles. The Labute approximate surface area is 163 Å². The number of furan rings is 1. The predicted molar refractivity (Wildman–Crippen MR) is 96.1 cm³/mol. The van der Waals surface area contributed by atoms with Crippen molar-refractivity contribution in [1.82, 2.24) is 9.80 Å². The number of amides is 2. The van der Waals surface area contributed by atoms with Gasteiger partial charge in [-0.15, -0.1) is 0 Å². The molecule has 1 aromatic carbocycles. The molecule has 150 valence electrons. The number of para-hydroxylation sites is 1. The van der Waals surface area contributed by atoms with Crippen molar-refractivity contribution in [3.63, 3.8) is 0 Å². The number of nitrogens with one attached hydrogen (secondary N) is 1. The second-order valence-electron chi connectivity index (χ2n) is 6.26. The van der Waals surface area contributed by atoms with E-state index in [9.17, 15) is 22.8 Å². The molecule has 6 nitrogen and oxygen atoms in total. The molecule has 0 saturated carbocycles. The van der Waals surface area contributed by atoms with Gasteiger partial charge in [0.2, 0.25) is 5.91 Å². The van der Waals surface area contributed by atoms with Crippen LogP contribution in [0.4, 0.5) is 18.9 Å². The minimum Gasteiger partial charge on any atom is -0.440 e. The first kappa shape index (κ1) is 20.2. The van der Waals surface area contributed by atoms with Gasteiger partial charge in [-0.25, -0.2) is 0 Å². The van der Waals surface area contributed by atoms with Gasteiger partial charge in [0, 0.05) is 26.2 Å². The third-order valence-corrected chi connectivity index (χ3v) is 4.52. The van der Waals surface area contributed by atoms with E-state index in [-0.39, 0.29) is 29.1 Å². The Kier molecular flexibility index (Phi) is 5.95. The Bertz CT molecular complexity index is 861. The van der Waals surface area contributed by atoms with E-state index in [1.54, 1.807) is 9.80 Å². The monoisotopic (exact) mass is 415 g/mol. The summed E-state index contributed by atoms with van der Waals surface area (Å²) in [7, 11) is 0. The zero-order valence-electron chi connectivity index (χ0n) is 14.6. The third-order valence-electron chi connectivity index (χ3n) is 4.32. The van der Waals surface area contributed by atoms with E-state index in [1.165, 1.54) is 30.3 Å². The number of hydrogen-bond donors (Lipinski definition) is 1. The van der Waals surface area contributed by atoms with Gasteiger partial charge in [0.25, 0.3) is 5.91 Å². The molecule has 0 radical (unpaired) electrons. The summed E-state index contributed by atoms with van der Waals surface area (Å²) in [5, 5.41) is 2.44. The molecule has 0 bridgehead atoms. The highest BCUT2D eigenvalue weighted by molar-refractivity contribution is 6.29. The quantitative estimate of drug-likeness (QED) is 0.831. The van der Waals surface area contributed by atoms with Crippen LogP contribution in [-0.4, -0.2) is 54.3 Å². The lowest BCUT2D eigenvalue weighted by molar-refractivity contribution is -0.137. The number of hydrogen-bond acceptors (Lipinski definition) is 4. The van der Waals surface area contributed by atoms with Crippen LogP contribution in [0.1, 0.15) is 16.1 Å². The van der Waals surface area contributed by atoms with Crippen LogP contribution in [0.2, 0.25) is 5.22 Å². The number of carbonyl (C=O) groups is 2. The fraction of sp³-hybridized carbons (Fsp3) is 0.333. The maximum Gasteiger partial charge on any atom is 0.418 e. The van der Waals surface area contributed by atoms with Crippen LogP contribution < -0.4 is 5.32 Å².